The summed E-state index contributed by atoms with van der Waals surface area (Å²) in [5.41, 5.74) is -3.45. The predicted octanol–water partition coefficient (Wildman–Crippen LogP) is 2.63. The van der Waals surface area contributed by atoms with Crippen LogP contribution < -0.4 is 10.0 Å². The average molecular weight is 448 g/mol. The summed E-state index contributed by atoms with van der Waals surface area (Å²) in [5, 5.41) is 1.62. The number of carbonyl (C=O) groups is 2. The first-order chi connectivity index (χ1) is 13.5. The topological polar surface area (TPSA) is 95.6 Å². The molecule has 29 heavy (non-hydrogen) atoms. The first-order valence-electron chi connectivity index (χ1n) is 8.00. The average Bonchev–Trinajstić information content (AvgIpc) is 2.87. The molecule has 3 amide bonds. The molecule has 1 fully saturated rings. The van der Waals surface area contributed by atoms with Crippen molar-refractivity contribution in [1.29, 1.82) is 0 Å². The maximum atomic E-state index is 13.9. The zero-order valence-electron chi connectivity index (χ0n) is 14.4. The second-order valence-electron chi connectivity index (χ2n) is 6.11. The molecule has 1 saturated heterocycles. The smallest absolute Gasteiger partial charge is 0.303 e. The molecule has 3 rings (SSSR count). The van der Waals surface area contributed by atoms with Gasteiger partial charge >= 0.3 is 12.2 Å². The van der Waals surface area contributed by atoms with Gasteiger partial charge in [-0.3, -0.25) is 9.69 Å². The molecule has 0 bridgehead atoms. The van der Waals surface area contributed by atoms with E-state index >= 15 is 0 Å². The predicted molar refractivity (Wildman–Crippen MR) is 96.1 cm³/mol. The van der Waals surface area contributed by atoms with Crippen molar-refractivity contribution in [3.63, 3.8) is 0 Å². The van der Waals surface area contributed by atoms with Gasteiger partial charge in [0.15, 0.2) is 0 Å². The molecule has 7 nitrogen and oxygen atoms in total. The molecule has 1 aliphatic rings. The minimum absolute atomic E-state index is 0.161. The van der Waals surface area contributed by atoms with Crippen molar-refractivity contribution in [2.45, 2.75) is 23.3 Å². The lowest BCUT2D eigenvalue weighted by molar-refractivity contribution is -0.198. The van der Waals surface area contributed by atoms with Crippen LogP contribution in [-0.2, 0) is 21.4 Å². The number of carbonyl (C=O) groups excluding carboxylic acids is 2. The molecule has 0 saturated carbocycles. The molecule has 12 heteroatoms. The number of benzene rings is 2. The molecule has 0 spiro atoms. The Bertz CT molecular complexity index is 1050. The summed E-state index contributed by atoms with van der Waals surface area (Å²) in [7, 11) is -4.85. The molecule has 0 radical (unpaired) electrons. The van der Waals surface area contributed by atoms with Gasteiger partial charge in [0.2, 0.25) is 10.0 Å². The van der Waals surface area contributed by atoms with Crippen LogP contribution in [0.5, 0.6) is 0 Å². The van der Waals surface area contributed by atoms with E-state index in [1.165, 1.54) is 22.2 Å². The van der Waals surface area contributed by atoms with Gasteiger partial charge in [-0.05, 0) is 29.8 Å². The summed E-state index contributed by atoms with van der Waals surface area (Å²) >= 11 is 5.66. The number of halogens is 4. The van der Waals surface area contributed by atoms with Crippen molar-refractivity contribution < 1.29 is 31.2 Å². The summed E-state index contributed by atoms with van der Waals surface area (Å²) < 4.78 is 67.9. The zero-order valence-corrected chi connectivity index (χ0v) is 16.0. The van der Waals surface area contributed by atoms with Gasteiger partial charge in [-0.1, -0.05) is 41.9 Å². The highest BCUT2D eigenvalue weighted by molar-refractivity contribution is 7.89. The van der Waals surface area contributed by atoms with Crippen molar-refractivity contribution in [1.82, 2.24) is 14.9 Å². The van der Waals surface area contributed by atoms with Crippen LogP contribution in [0.1, 0.15) is 5.56 Å². The highest BCUT2D eigenvalue weighted by Gasteiger charge is 2.69. The Kier molecular flexibility index (Phi) is 5.32. The summed E-state index contributed by atoms with van der Waals surface area (Å²) in [6.07, 6.45) is -5.45. The molecule has 2 aromatic carbocycles. The number of imide groups is 1. The van der Waals surface area contributed by atoms with E-state index in [1.54, 1.807) is 18.2 Å². The summed E-state index contributed by atoms with van der Waals surface area (Å²) in [6, 6.07) is 10.7. The van der Waals surface area contributed by atoms with E-state index in [9.17, 15) is 31.2 Å². The van der Waals surface area contributed by atoms with Gasteiger partial charge in [0.25, 0.3) is 11.6 Å². The minimum Gasteiger partial charge on any atom is -0.303 e. The van der Waals surface area contributed by atoms with E-state index < -0.39 is 45.2 Å². The first-order valence-corrected chi connectivity index (χ1v) is 9.87. The maximum Gasteiger partial charge on any atom is 0.435 e. The van der Waals surface area contributed by atoms with E-state index in [0.29, 0.717) is 10.5 Å². The molecule has 154 valence electrons. The van der Waals surface area contributed by atoms with Crippen molar-refractivity contribution in [3.05, 3.63) is 65.2 Å². The van der Waals surface area contributed by atoms with E-state index in [2.05, 4.69) is 0 Å². The third kappa shape index (κ3) is 3.93. The fraction of sp³-hybridized carbons (Fsp3) is 0.176. The number of rotatable bonds is 5. The van der Waals surface area contributed by atoms with Crippen LogP contribution in [-0.4, -0.2) is 37.1 Å². The number of hydrogen-bond acceptors (Lipinski definition) is 4. The molecule has 2 N–H and O–H groups in total. The number of alkyl halides is 3. The van der Waals surface area contributed by atoms with E-state index in [4.69, 9.17) is 11.6 Å². The van der Waals surface area contributed by atoms with Crippen LogP contribution in [0.2, 0.25) is 5.02 Å². The fourth-order valence-electron chi connectivity index (χ4n) is 2.68. The van der Waals surface area contributed by atoms with Crippen molar-refractivity contribution in [2.24, 2.45) is 0 Å². The molecule has 1 atom stereocenters. The van der Waals surface area contributed by atoms with E-state index in [-0.39, 0.29) is 5.02 Å². The molecule has 1 heterocycles. The Labute approximate surface area is 168 Å². The lowest BCUT2D eigenvalue weighted by atomic mass is 10.1. The van der Waals surface area contributed by atoms with Crippen LogP contribution >= 0.6 is 11.6 Å². The van der Waals surface area contributed by atoms with Gasteiger partial charge in [-0.2, -0.15) is 17.9 Å². The van der Waals surface area contributed by atoms with Gasteiger partial charge in [0.1, 0.15) is 0 Å². The van der Waals surface area contributed by atoms with Crippen LogP contribution in [0.25, 0.3) is 0 Å². The Hall–Kier alpha value is -2.63. The maximum absolute atomic E-state index is 13.9. The van der Waals surface area contributed by atoms with E-state index in [1.807, 2.05) is 0 Å². The highest BCUT2D eigenvalue weighted by atomic mass is 35.5. The van der Waals surface area contributed by atoms with Gasteiger partial charge in [0.05, 0.1) is 11.4 Å². The largest absolute Gasteiger partial charge is 0.435 e. The molecule has 1 unspecified atom stereocenters. The quantitative estimate of drug-likeness (QED) is 0.689. The lowest BCUT2D eigenvalue weighted by Gasteiger charge is -2.29. The molecular weight excluding hydrogens is 435 g/mol. The van der Waals surface area contributed by atoms with Gasteiger partial charge in [0, 0.05) is 5.02 Å². The lowest BCUT2D eigenvalue weighted by Crippen LogP contribution is -2.69. The summed E-state index contributed by atoms with van der Waals surface area (Å²) in [5.74, 6) is -1.78. The normalized spacial score (nSPS) is 20.1. The van der Waals surface area contributed by atoms with Gasteiger partial charge < -0.3 is 5.32 Å². The van der Waals surface area contributed by atoms with E-state index in [0.717, 1.165) is 24.3 Å². The number of nitrogens with one attached hydrogen (secondary N) is 2. The number of sulfonamides is 1. The Morgan fingerprint density at radius 2 is 1.62 bits per heavy atom. The second kappa shape index (κ2) is 7.32. The van der Waals surface area contributed by atoms with Crippen molar-refractivity contribution in [2.75, 3.05) is 0 Å². The molecule has 0 aromatic heterocycles. The third-order valence-electron chi connectivity index (χ3n) is 4.13. The van der Waals surface area contributed by atoms with Crippen LogP contribution in [0.3, 0.4) is 0 Å². The molecule has 0 aliphatic carbocycles. The second-order valence-corrected chi connectivity index (χ2v) is 8.23. The van der Waals surface area contributed by atoms with Crippen LogP contribution in [0.15, 0.2) is 59.5 Å². The third-order valence-corrected chi connectivity index (χ3v) is 5.85. The minimum atomic E-state index is -5.45. The van der Waals surface area contributed by atoms with Gasteiger partial charge in [-0.25, -0.2) is 13.2 Å². The number of amides is 3. The van der Waals surface area contributed by atoms with Crippen molar-refractivity contribution in [3.8, 4) is 0 Å². The number of hydrogen-bond donors (Lipinski definition) is 2. The van der Waals surface area contributed by atoms with Crippen molar-refractivity contribution >= 4 is 33.6 Å². The van der Waals surface area contributed by atoms with Crippen LogP contribution in [0, 0.1) is 0 Å². The summed E-state index contributed by atoms with van der Waals surface area (Å²) in [4.78, 5) is 24.5. The number of nitrogens with zero attached hydrogens (tertiary/aromatic N) is 1. The monoisotopic (exact) mass is 447 g/mol. The summed E-state index contributed by atoms with van der Waals surface area (Å²) in [6.45, 7) is -0.466. The Morgan fingerprint density at radius 3 is 2.17 bits per heavy atom. The standard InChI is InChI=1S/C17H13ClF3N3O4S/c18-12-6-8-13(9-7-12)29(27,28)23-16(17(19,20)21)14(25)24(15(26)22-16)10-11-4-2-1-3-5-11/h1-9,23H,10H2,(H,22,26). The molecular formula is C17H13ClF3N3O4S. The first kappa shape index (κ1) is 21.1. The molecule has 1 aliphatic heterocycles. The number of urea groups is 1. The van der Waals surface area contributed by atoms with Gasteiger partial charge in [-0.15, -0.1) is 0 Å². The SMILES string of the molecule is O=C1NC(NS(=O)(=O)c2ccc(Cl)cc2)(C(F)(F)F)C(=O)N1Cc1ccccc1. The highest BCUT2D eigenvalue weighted by Crippen LogP contribution is 2.35. The zero-order chi connectivity index (χ0) is 21.4. The Morgan fingerprint density at radius 1 is 1.03 bits per heavy atom. The molecule has 2 aromatic rings. The fourth-order valence-corrected chi connectivity index (χ4v) is 4.07. The van der Waals surface area contributed by atoms with Crippen LogP contribution in [0.4, 0.5) is 18.0 Å². The Balaban J connectivity index is 1.98.